The molecule has 1 N–H and O–H groups in total. The van der Waals surface area contributed by atoms with Crippen LogP contribution in [0.4, 0.5) is 0 Å². The molecule has 0 aromatic heterocycles. The first-order valence-electron chi connectivity index (χ1n) is 6.83. The fourth-order valence-electron chi connectivity index (χ4n) is 2.14. The molecular formula is C15H22O4S. The van der Waals surface area contributed by atoms with Gasteiger partial charge in [0.15, 0.2) is 9.84 Å². The highest BCUT2D eigenvalue weighted by Crippen LogP contribution is 2.25. The molecule has 0 fully saturated rings. The summed E-state index contributed by atoms with van der Waals surface area (Å²) in [5.74, 6) is -1.08. The van der Waals surface area contributed by atoms with Crippen LogP contribution >= 0.6 is 0 Å². The van der Waals surface area contributed by atoms with E-state index in [9.17, 15) is 18.3 Å². The summed E-state index contributed by atoms with van der Waals surface area (Å²) in [5.41, 5.74) is 0.654. The second-order valence-corrected chi connectivity index (χ2v) is 7.52. The van der Waals surface area contributed by atoms with Crippen LogP contribution in [0, 0.1) is 5.92 Å². The van der Waals surface area contributed by atoms with E-state index in [1.165, 1.54) is 12.1 Å². The Labute approximate surface area is 120 Å². The molecule has 0 radical (unpaired) electrons. The lowest BCUT2D eigenvalue weighted by molar-refractivity contribution is -0.139. The largest absolute Gasteiger partial charge is 0.481 e. The van der Waals surface area contributed by atoms with Crippen LogP contribution in [0.1, 0.15) is 45.1 Å². The summed E-state index contributed by atoms with van der Waals surface area (Å²) in [4.78, 5) is 11.6. The van der Waals surface area contributed by atoms with Crippen LogP contribution in [0.2, 0.25) is 0 Å². The van der Waals surface area contributed by atoms with E-state index in [0.29, 0.717) is 18.4 Å². The Morgan fingerprint density at radius 1 is 1.20 bits per heavy atom. The van der Waals surface area contributed by atoms with Crippen molar-refractivity contribution < 1.29 is 18.3 Å². The molecule has 0 amide bonds. The zero-order valence-electron chi connectivity index (χ0n) is 12.2. The Balaban J connectivity index is 3.03. The highest BCUT2D eigenvalue weighted by Gasteiger charge is 2.22. The maximum atomic E-state index is 11.9. The maximum absolute atomic E-state index is 11.9. The fraction of sp³-hybridized carbons (Fsp3) is 0.533. The molecule has 1 rings (SSSR count). The molecule has 0 bridgehead atoms. The van der Waals surface area contributed by atoms with E-state index in [1.807, 2.05) is 20.8 Å². The number of carboxylic acids is 1. The Bertz CT molecular complexity index is 544. The molecule has 0 aliphatic heterocycles. The molecule has 20 heavy (non-hydrogen) atoms. The van der Waals surface area contributed by atoms with Crippen molar-refractivity contribution in [2.45, 2.75) is 44.4 Å². The summed E-state index contributed by atoms with van der Waals surface area (Å²) in [6, 6.07) is 6.25. The smallest absolute Gasteiger partial charge is 0.310 e. The zero-order valence-corrected chi connectivity index (χ0v) is 13.0. The normalized spacial score (nSPS) is 13.4. The molecule has 0 aliphatic carbocycles. The average molecular weight is 298 g/mol. The predicted octanol–water partition coefficient (Wildman–Crippen LogP) is 3.08. The monoisotopic (exact) mass is 298 g/mol. The molecule has 112 valence electrons. The number of carboxylic acid groups (broad SMARTS) is 1. The summed E-state index contributed by atoms with van der Waals surface area (Å²) in [5, 5.41) is 9.27. The van der Waals surface area contributed by atoms with E-state index >= 15 is 0 Å². The van der Waals surface area contributed by atoms with Crippen molar-refractivity contribution in [3.8, 4) is 0 Å². The number of hydrogen-bond donors (Lipinski definition) is 1. The number of hydrogen-bond acceptors (Lipinski definition) is 3. The first-order chi connectivity index (χ1) is 9.27. The molecule has 0 spiro atoms. The molecule has 4 nitrogen and oxygen atoms in total. The average Bonchev–Trinajstić information content (AvgIpc) is 2.35. The molecule has 1 atom stereocenters. The molecular weight excluding hydrogens is 276 g/mol. The van der Waals surface area contributed by atoms with Crippen molar-refractivity contribution in [2.24, 2.45) is 5.92 Å². The maximum Gasteiger partial charge on any atom is 0.310 e. The van der Waals surface area contributed by atoms with Gasteiger partial charge in [0.1, 0.15) is 0 Å². The van der Waals surface area contributed by atoms with Crippen molar-refractivity contribution >= 4 is 15.8 Å². The van der Waals surface area contributed by atoms with Crippen LogP contribution in [0.25, 0.3) is 0 Å². The van der Waals surface area contributed by atoms with Gasteiger partial charge in [-0.2, -0.15) is 0 Å². The molecule has 0 heterocycles. The van der Waals surface area contributed by atoms with Gasteiger partial charge in [-0.1, -0.05) is 32.9 Å². The lowest BCUT2D eigenvalue weighted by Crippen LogP contribution is -2.14. The van der Waals surface area contributed by atoms with Crippen LogP contribution in [0.15, 0.2) is 29.2 Å². The van der Waals surface area contributed by atoms with Crippen molar-refractivity contribution in [3.05, 3.63) is 29.8 Å². The third-order valence-electron chi connectivity index (χ3n) is 3.12. The van der Waals surface area contributed by atoms with Gasteiger partial charge in [0.25, 0.3) is 0 Å². The molecule has 5 heteroatoms. The third-order valence-corrected chi connectivity index (χ3v) is 5.06. The van der Waals surface area contributed by atoms with E-state index in [2.05, 4.69) is 0 Å². The van der Waals surface area contributed by atoms with Gasteiger partial charge in [0.05, 0.1) is 16.6 Å². The zero-order chi connectivity index (χ0) is 15.3. The van der Waals surface area contributed by atoms with E-state index in [1.54, 1.807) is 12.1 Å². The first kappa shape index (κ1) is 16.7. The summed E-state index contributed by atoms with van der Waals surface area (Å²) in [6.45, 7) is 5.75. The van der Waals surface area contributed by atoms with Gasteiger partial charge in [0.2, 0.25) is 0 Å². The topological polar surface area (TPSA) is 71.4 Å². The summed E-state index contributed by atoms with van der Waals surface area (Å²) in [6.07, 6.45) is 1.10. The van der Waals surface area contributed by atoms with E-state index in [4.69, 9.17) is 0 Å². The second kappa shape index (κ2) is 6.88. The molecule has 1 unspecified atom stereocenters. The first-order valence-corrected chi connectivity index (χ1v) is 8.48. The van der Waals surface area contributed by atoms with Crippen molar-refractivity contribution in [3.63, 3.8) is 0 Å². The van der Waals surface area contributed by atoms with Crippen LogP contribution < -0.4 is 0 Å². The van der Waals surface area contributed by atoms with Gasteiger partial charge in [-0.15, -0.1) is 0 Å². The Hall–Kier alpha value is -1.36. The highest BCUT2D eigenvalue weighted by molar-refractivity contribution is 7.91. The minimum atomic E-state index is -3.24. The van der Waals surface area contributed by atoms with Gasteiger partial charge in [-0.05, 0) is 36.5 Å². The van der Waals surface area contributed by atoms with Crippen LogP contribution in [-0.4, -0.2) is 25.2 Å². The highest BCUT2D eigenvalue weighted by atomic mass is 32.2. The SMILES string of the molecule is CCCS(=O)(=O)c1ccc(C(CC(C)C)C(=O)O)cc1. The predicted molar refractivity (Wildman–Crippen MR) is 78.6 cm³/mol. The van der Waals surface area contributed by atoms with Crippen molar-refractivity contribution in [1.82, 2.24) is 0 Å². The summed E-state index contributed by atoms with van der Waals surface area (Å²) < 4.78 is 23.8. The van der Waals surface area contributed by atoms with E-state index in [0.717, 1.165) is 0 Å². The van der Waals surface area contributed by atoms with Crippen LogP contribution in [-0.2, 0) is 14.6 Å². The molecule has 1 aromatic rings. The Morgan fingerprint density at radius 3 is 2.15 bits per heavy atom. The summed E-state index contributed by atoms with van der Waals surface area (Å²) >= 11 is 0. The minimum Gasteiger partial charge on any atom is -0.481 e. The van der Waals surface area contributed by atoms with Gasteiger partial charge < -0.3 is 5.11 Å². The van der Waals surface area contributed by atoms with Crippen molar-refractivity contribution in [1.29, 1.82) is 0 Å². The number of aliphatic carboxylic acids is 1. The lowest BCUT2D eigenvalue weighted by Gasteiger charge is -2.15. The van der Waals surface area contributed by atoms with Crippen molar-refractivity contribution in [2.75, 3.05) is 5.75 Å². The van der Waals surface area contributed by atoms with Gasteiger partial charge >= 0.3 is 5.97 Å². The number of rotatable bonds is 7. The summed E-state index contributed by atoms with van der Waals surface area (Å²) in [7, 11) is -3.24. The quantitative estimate of drug-likeness (QED) is 0.839. The fourth-order valence-corrected chi connectivity index (χ4v) is 3.47. The number of carbonyl (C=O) groups is 1. The Morgan fingerprint density at radius 2 is 1.75 bits per heavy atom. The standard InChI is InChI=1S/C15H22O4S/c1-4-9-20(18,19)13-7-5-12(6-8-13)14(15(16)17)10-11(2)3/h5-8,11,14H,4,9-10H2,1-3H3,(H,16,17). The van der Waals surface area contributed by atoms with Gasteiger partial charge in [-0.3, -0.25) is 4.79 Å². The second-order valence-electron chi connectivity index (χ2n) is 5.41. The number of benzene rings is 1. The van der Waals surface area contributed by atoms with E-state index < -0.39 is 21.7 Å². The van der Waals surface area contributed by atoms with Gasteiger partial charge in [-0.25, -0.2) is 8.42 Å². The van der Waals surface area contributed by atoms with Crippen LogP contribution in [0.5, 0.6) is 0 Å². The van der Waals surface area contributed by atoms with Gasteiger partial charge in [0, 0.05) is 0 Å². The van der Waals surface area contributed by atoms with E-state index in [-0.39, 0.29) is 16.6 Å². The third kappa shape index (κ3) is 4.34. The van der Waals surface area contributed by atoms with Crippen LogP contribution in [0.3, 0.4) is 0 Å². The minimum absolute atomic E-state index is 0.112. The molecule has 0 saturated heterocycles. The molecule has 0 saturated carbocycles. The Kier molecular flexibility index (Phi) is 5.74. The molecule has 1 aromatic carbocycles. The lowest BCUT2D eigenvalue weighted by atomic mass is 9.90. The number of sulfone groups is 1. The molecule has 0 aliphatic rings.